The molecule has 0 radical (unpaired) electrons. The number of hydrogen-bond donors (Lipinski definition) is 0. The van der Waals surface area contributed by atoms with Crippen molar-refractivity contribution in [1.82, 2.24) is 19.6 Å². The molecule has 2 heterocycles. The summed E-state index contributed by atoms with van der Waals surface area (Å²) in [6, 6.07) is 31.9. The predicted molar refractivity (Wildman–Crippen MR) is 125 cm³/mol. The maximum Gasteiger partial charge on any atom is 0.369 e. The number of carbonyl (C=O) groups is 1. The molecule has 0 unspecified atom stereocenters. The van der Waals surface area contributed by atoms with E-state index in [-0.39, 0.29) is 6.03 Å². The van der Waals surface area contributed by atoms with Crippen LogP contribution in [0.4, 0.5) is 4.79 Å². The Morgan fingerprint density at radius 3 is 1.91 bits per heavy atom. The standard InChI is InChI=1S/C27H22N4O/c32-27(30-18-10-17-28-30)31-26(23-15-8-3-9-16-23)24(19-21-11-4-1-5-12-21)25(29-31)20-22-13-6-2-7-14-22/h1-18H,19-20H2. The van der Waals surface area contributed by atoms with Gasteiger partial charge in [-0.3, -0.25) is 0 Å². The fourth-order valence-electron chi connectivity index (χ4n) is 3.92. The normalized spacial score (nSPS) is 10.9. The monoisotopic (exact) mass is 418 g/mol. The molecule has 0 aliphatic carbocycles. The molecule has 0 N–H and O–H groups in total. The average molecular weight is 419 g/mol. The second-order valence-corrected chi connectivity index (χ2v) is 7.61. The first-order chi connectivity index (χ1) is 15.8. The number of hydrogen-bond acceptors (Lipinski definition) is 3. The molecule has 2 aromatic heterocycles. The zero-order chi connectivity index (χ0) is 21.8. The molecule has 0 spiro atoms. The summed E-state index contributed by atoms with van der Waals surface area (Å²) in [6.07, 6.45) is 4.56. The van der Waals surface area contributed by atoms with Gasteiger partial charge in [0.25, 0.3) is 0 Å². The van der Waals surface area contributed by atoms with Gasteiger partial charge in [-0.2, -0.15) is 19.6 Å². The maximum atomic E-state index is 13.4. The van der Waals surface area contributed by atoms with Gasteiger partial charge in [0, 0.05) is 36.4 Å². The maximum absolute atomic E-state index is 13.4. The first-order valence-corrected chi connectivity index (χ1v) is 10.6. The highest BCUT2D eigenvalue weighted by Gasteiger charge is 2.24. The molecular formula is C27H22N4O. The van der Waals surface area contributed by atoms with Gasteiger partial charge in [0.15, 0.2) is 0 Å². The molecule has 32 heavy (non-hydrogen) atoms. The Hall–Kier alpha value is -4.25. The Kier molecular flexibility index (Phi) is 5.45. The summed E-state index contributed by atoms with van der Waals surface area (Å²) in [4.78, 5) is 13.4. The summed E-state index contributed by atoms with van der Waals surface area (Å²) in [5, 5.41) is 8.98. The average Bonchev–Trinajstić information content (AvgIpc) is 3.50. The van der Waals surface area contributed by atoms with Gasteiger partial charge in [-0.15, -0.1) is 0 Å². The molecule has 5 heteroatoms. The van der Waals surface area contributed by atoms with E-state index in [0.717, 1.165) is 28.1 Å². The van der Waals surface area contributed by atoms with Crippen LogP contribution in [0.3, 0.4) is 0 Å². The smallest absolute Gasteiger partial charge is 0.244 e. The van der Waals surface area contributed by atoms with Crippen LogP contribution < -0.4 is 0 Å². The molecule has 0 bridgehead atoms. The second-order valence-electron chi connectivity index (χ2n) is 7.61. The summed E-state index contributed by atoms with van der Waals surface area (Å²) < 4.78 is 2.82. The van der Waals surface area contributed by atoms with Crippen molar-refractivity contribution >= 4 is 6.03 Å². The highest BCUT2D eigenvalue weighted by atomic mass is 16.2. The van der Waals surface area contributed by atoms with Gasteiger partial charge in [0.05, 0.1) is 11.4 Å². The van der Waals surface area contributed by atoms with E-state index in [4.69, 9.17) is 5.10 Å². The van der Waals surface area contributed by atoms with Gasteiger partial charge >= 0.3 is 6.03 Å². The minimum atomic E-state index is -0.303. The van der Waals surface area contributed by atoms with Crippen molar-refractivity contribution in [1.29, 1.82) is 0 Å². The molecule has 5 rings (SSSR count). The van der Waals surface area contributed by atoms with Gasteiger partial charge in [0.2, 0.25) is 0 Å². The summed E-state index contributed by atoms with van der Waals surface area (Å²) >= 11 is 0. The molecule has 0 amide bonds. The van der Waals surface area contributed by atoms with Gasteiger partial charge in [0.1, 0.15) is 0 Å². The van der Waals surface area contributed by atoms with Crippen LogP contribution in [0.1, 0.15) is 22.4 Å². The minimum Gasteiger partial charge on any atom is -0.244 e. The van der Waals surface area contributed by atoms with Crippen LogP contribution in [0.25, 0.3) is 11.3 Å². The van der Waals surface area contributed by atoms with E-state index < -0.39 is 0 Å². The van der Waals surface area contributed by atoms with Crippen LogP contribution in [0.5, 0.6) is 0 Å². The van der Waals surface area contributed by atoms with Crippen molar-refractivity contribution in [2.75, 3.05) is 0 Å². The molecule has 3 aromatic carbocycles. The van der Waals surface area contributed by atoms with E-state index in [0.29, 0.717) is 12.8 Å². The fourth-order valence-corrected chi connectivity index (χ4v) is 3.92. The number of benzene rings is 3. The highest BCUT2D eigenvalue weighted by molar-refractivity contribution is 5.84. The summed E-state index contributed by atoms with van der Waals surface area (Å²) in [5.74, 6) is 0. The number of nitrogens with zero attached hydrogens (tertiary/aromatic N) is 4. The van der Waals surface area contributed by atoms with Crippen molar-refractivity contribution in [2.45, 2.75) is 12.8 Å². The molecule has 0 aliphatic rings. The van der Waals surface area contributed by atoms with Crippen LogP contribution in [0.15, 0.2) is 109 Å². The number of aromatic nitrogens is 4. The molecular weight excluding hydrogens is 396 g/mol. The first-order valence-electron chi connectivity index (χ1n) is 10.6. The van der Waals surface area contributed by atoms with Crippen molar-refractivity contribution in [3.05, 3.63) is 132 Å². The molecule has 0 fully saturated rings. The molecule has 0 aliphatic heterocycles. The van der Waals surface area contributed by atoms with Crippen LogP contribution in [-0.4, -0.2) is 25.6 Å². The Balaban J connectivity index is 1.70. The van der Waals surface area contributed by atoms with Gasteiger partial charge < -0.3 is 0 Å². The molecule has 0 saturated carbocycles. The fraction of sp³-hybridized carbons (Fsp3) is 0.0741. The minimum absolute atomic E-state index is 0.303. The zero-order valence-electron chi connectivity index (χ0n) is 17.5. The van der Waals surface area contributed by atoms with Gasteiger partial charge in [-0.1, -0.05) is 91.0 Å². The first kappa shape index (κ1) is 19.7. The van der Waals surface area contributed by atoms with Crippen LogP contribution in [0, 0.1) is 0 Å². The van der Waals surface area contributed by atoms with Gasteiger partial charge in [-0.05, 0) is 17.2 Å². The van der Waals surface area contributed by atoms with E-state index in [1.807, 2.05) is 66.7 Å². The Morgan fingerprint density at radius 2 is 1.31 bits per heavy atom. The Labute approximate surface area is 186 Å². The largest absolute Gasteiger partial charge is 0.369 e. The number of carbonyl (C=O) groups excluding carboxylic acids is 1. The van der Waals surface area contributed by atoms with E-state index in [1.165, 1.54) is 14.9 Å². The zero-order valence-corrected chi connectivity index (χ0v) is 17.5. The van der Waals surface area contributed by atoms with Crippen LogP contribution >= 0.6 is 0 Å². The Morgan fingerprint density at radius 1 is 0.719 bits per heavy atom. The molecule has 5 aromatic rings. The predicted octanol–water partition coefficient (Wildman–Crippen LogP) is 5.44. The summed E-state index contributed by atoms with van der Waals surface area (Å²) in [7, 11) is 0. The quantitative estimate of drug-likeness (QED) is 0.382. The van der Waals surface area contributed by atoms with E-state index in [1.54, 1.807) is 18.5 Å². The second kappa shape index (κ2) is 8.86. The summed E-state index contributed by atoms with van der Waals surface area (Å²) in [5.41, 5.74) is 6.01. The Bertz CT molecular complexity index is 1310. The van der Waals surface area contributed by atoms with Crippen LogP contribution in [-0.2, 0) is 12.8 Å². The van der Waals surface area contributed by atoms with Crippen molar-refractivity contribution in [3.63, 3.8) is 0 Å². The van der Waals surface area contributed by atoms with E-state index in [9.17, 15) is 4.79 Å². The topological polar surface area (TPSA) is 52.7 Å². The third kappa shape index (κ3) is 4.01. The van der Waals surface area contributed by atoms with Crippen molar-refractivity contribution < 1.29 is 4.79 Å². The molecule has 156 valence electrons. The lowest BCUT2D eigenvalue weighted by Gasteiger charge is -2.10. The lowest BCUT2D eigenvalue weighted by atomic mass is 9.96. The third-order valence-corrected chi connectivity index (χ3v) is 5.43. The SMILES string of the molecule is O=C(n1cccn1)n1nc(Cc2ccccc2)c(Cc2ccccc2)c1-c1ccccc1. The molecule has 0 saturated heterocycles. The van der Waals surface area contributed by atoms with Crippen molar-refractivity contribution in [2.24, 2.45) is 0 Å². The van der Waals surface area contributed by atoms with E-state index >= 15 is 0 Å². The molecule has 0 atom stereocenters. The van der Waals surface area contributed by atoms with Crippen molar-refractivity contribution in [3.8, 4) is 11.3 Å². The lowest BCUT2D eigenvalue weighted by molar-refractivity contribution is 0.238. The molecule has 5 nitrogen and oxygen atoms in total. The van der Waals surface area contributed by atoms with E-state index in [2.05, 4.69) is 29.4 Å². The summed E-state index contributed by atoms with van der Waals surface area (Å²) in [6.45, 7) is 0. The highest BCUT2D eigenvalue weighted by Crippen LogP contribution is 2.30. The lowest BCUT2D eigenvalue weighted by Crippen LogP contribution is -2.22. The third-order valence-electron chi connectivity index (χ3n) is 5.43. The van der Waals surface area contributed by atoms with Crippen LogP contribution in [0.2, 0.25) is 0 Å². The number of rotatable bonds is 5. The van der Waals surface area contributed by atoms with Gasteiger partial charge in [-0.25, -0.2) is 4.79 Å².